The van der Waals surface area contributed by atoms with E-state index in [0.717, 1.165) is 5.56 Å². The minimum atomic E-state index is -0.370. The molecule has 0 aromatic heterocycles. The Morgan fingerprint density at radius 3 is 2.35 bits per heavy atom. The smallest absolute Gasteiger partial charge is 0.337 e. The van der Waals surface area contributed by atoms with Crippen LogP contribution in [0.25, 0.3) is 0 Å². The lowest BCUT2D eigenvalue weighted by atomic mass is 10.1. The quantitative estimate of drug-likeness (QED) is 0.867. The van der Waals surface area contributed by atoms with Crippen LogP contribution in [0.5, 0.6) is 11.5 Å². The van der Waals surface area contributed by atoms with Crippen molar-refractivity contribution in [3.8, 4) is 11.5 Å². The van der Waals surface area contributed by atoms with Gasteiger partial charge in [-0.15, -0.1) is 0 Å². The summed E-state index contributed by atoms with van der Waals surface area (Å²) in [4.78, 5) is 11.3. The van der Waals surface area contributed by atoms with E-state index >= 15 is 0 Å². The first-order valence-electron chi connectivity index (χ1n) is 6.24. The van der Waals surface area contributed by atoms with Crippen molar-refractivity contribution in [2.45, 2.75) is 13.0 Å². The predicted molar refractivity (Wildman–Crippen MR) is 74.9 cm³/mol. The van der Waals surface area contributed by atoms with Gasteiger partial charge >= 0.3 is 5.97 Å². The largest absolute Gasteiger partial charge is 0.504 e. The van der Waals surface area contributed by atoms with Crippen molar-refractivity contribution < 1.29 is 19.4 Å². The lowest BCUT2D eigenvalue weighted by Crippen LogP contribution is -2.05. The van der Waals surface area contributed by atoms with Gasteiger partial charge < -0.3 is 14.6 Å². The Labute approximate surface area is 117 Å². The molecular formula is C16H16O4. The Bertz CT molecular complexity index is 590. The van der Waals surface area contributed by atoms with E-state index in [1.54, 1.807) is 48.5 Å². The summed E-state index contributed by atoms with van der Waals surface area (Å²) in [7, 11) is 1.35. The van der Waals surface area contributed by atoms with Crippen molar-refractivity contribution in [1.82, 2.24) is 0 Å². The van der Waals surface area contributed by atoms with Gasteiger partial charge in [-0.25, -0.2) is 4.79 Å². The molecule has 20 heavy (non-hydrogen) atoms. The monoisotopic (exact) mass is 272 g/mol. The van der Waals surface area contributed by atoms with Crippen LogP contribution in [-0.2, 0) is 4.74 Å². The molecule has 1 N–H and O–H groups in total. The summed E-state index contributed by atoms with van der Waals surface area (Å²) in [6.07, 6.45) is -0.241. The second-order valence-corrected chi connectivity index (χ2v) is 4.34. The van der Waals surface area contributed by atoms with Crippen LogP contribution in [0.4, 0.5) is 0 Å². The second kappa shape index (κ2) is 6.10. The number of benzene rings is 2. The molecule has 2 rings (SSSR count). The molecule has 0 spiro atoms. The fraction of sp³-hybridized carbons (Fsp3) is 0.188. The molecule has 104 valence electrons. The fourth-order valence-electron chi connectivity index (χ4n) is 1.82. The Morgan fingerprint density at radius 1 is 1.10 bits per heavy atom. The van der Waals surface area contributed by atoms with Gasteiger partial charge in [-0.2, -0.15) is 0 Å². The molecule has 1 unspecified atom stereocenters. The summed E-state index contributed by atoms with van der Waals surface area (Å²) >= 11 is 0. The van der Waals surface area contributed by atoms with Gasteiger partial charge in [0.2, 0.25) is 0 Å². The van der Waals surface area contributed by atoms with Crippen LogP contribution < -0.4 is 4.74 Å². The number of hydrogen-bond donors (Lipinski definition) is 1. The Balaban J connectivity index is 2.12. The number of esters is 1. The van der Waals surface area contributed by atoms with E-state index in [9.17, 15) is 9.90 Å². The van der Waals surface area contributed by atoms with Crippen molar-refractivity contribution in [1.29, 1.82) is 0 Å². The van der Waals surface area contributed by atoms with Crippen molar-refractivity contribution >= 4 is 5.97 Å². The molecule has 0 saturated carbocycles. The molecule has 0 saturated heterocycles. The number of phenols is 1. The molecule has 1 atom stereocenters. The van der Waals surface area contributed by atoms with Crippen LogP contribution in [0.1, 0.15) is 28.9 Å². The lowest BCUT2D eigenvalue weighted by molar-refractivity contribution is 0.0600. The fourth-order valence-corrected chi connectivity index (χ4v) is 1.82. The summed E-state index contributed by atoms with van der Waals surface area (Å²) in [5, 5.41) is 9.67. The molecule has 0 fully saturated rings. The maximum absolute atomic E-state index is 11.3. The number of aromatic hydroxyl groups is 1. The molecule has 0 aliphatic rings. The van der Waals surface area contributed by atoms with Gasteiger partial charge in [0.25, 0.3) is 0 Å². The second-order valence-electron chi connectivity index (χ2n) is 4.34. The Hall–Kier alpha value is -2.49. The topological polar surface area (TPSA) is 55.8 Å². The van der Waals surface area contributed by atoms with Crippen LogP contribution in [0.15, 0.2) is 48.5 Å². The number of phenolic OH excluding ortho intramolecular Hbond substituents is 1. The van der Waals surface area contributed by atoms with Crippen molar-refractivity contribution in [2.75, 3.05) is 7.11 Å². The maximum atomic E-state index is 11.3. The highest BCUT2D eigenvalue weighted by molar-refractivity contribution is 5.89. The molecule has 0 aliphatic carbocycles. The molecule has 2 aromatic carbocycles. The van der Waals surface area contributed by atoms with E-state index in [-0.39, 0.29) is 17.8 Å². The highest BCUT2D eigenvalue weighted by Gasteiger charge is 2.11. The minimum Gasteiger partial charge on any atom is -0.504 e. The summed E-state index contributed by atoms with van der Waals surface area (Å²) in [5.41, 5.74) is 1.40. The number of methoxy groups -OCH3 is 1. The molecule has 2 aromatic rings. The van der Waals surface area contributed by atoms with Gasteiger partial charge in [-0.3, -0.25) is 0 Å². The van der Waals surface area contributed by atoms with Crippen LogP contribution >= 0.6 is 0 Å². The number of hydrogen-bond acceptors (Lipinski definition) is 4. The van der Waals surface area contributed by atoms with E-state index in [1.807, 2.05) is 6.92 Å². The molecule has 0 aliphatic heterocycles. The zero-order valence-electron chi connectivity index (χ0n) is 11.4. The summed E-state index contributed by atoms with van der Waals surface area (Å²) in [5.74, 6) is 0.161. The molecule has 0 heterocycles. The van der Waals surface area contributed by atoms with E-state index in [1.165, 1.54) is 7.11 Å². The molecule has 0 radical (unpaired) electrons. The first-order valence-corrected chi connectivity index (χ1v) is 6.24. The number of ether oxygens (including phenoxy) is 2. The van der Waals surface area contributed by atoms with Gasteiger partial charge in [0.05, 0.1) is 12.7 Å². The van der Waals surface area contributed by atoms with Gasteiger partial charge in [0.15, 0.2) is 11.5 Å². The van der Waals surface area contributed by atoms with E-state index in [0.29, 0.717) is 11.3 Å². The zero-order valence-corrected chi connectivity index (χ0v) is 11.4. The van der Waals surface area contributed by atoms with Gasteiger partial charge in [-0.1, -0.05) is 24.3 Å². The lowest BCUT2D eigenvalue weighted by Gasteiger charge is -2.16. The normalized spacial score (nSPS) is 11.7. The van der Waals surface area contributed by atoms with Gasteiger partial charge in [0, 0.05) is 0 Å². The minimum absolute atomic E-state index is 0.102. The standard InChI is InChI=1S/C16H16O4/c1-11(20-15-6-4-3-5-14(15)17)12-7-9-13(10-8-12)16(18)19-2/h3-11,17H,1-2H3. The molecule has 0 bridgehead atoms. The van der Waals surface area contributed by atoms with E-state index in [4.69, 9.17) is 4.74 Å². The predicted octanol–water partition coefficient (Wildman–Crippen LogP) is 3.32. The molecule has 4 nitrogen and oxygen atoms in total. The molecular weight excluding hydrogens is 256 g/mol. The summed E-state index contributed by atoms with van der Waals surface area (Å²) in [6, 6.07) is 13.8. The van der Waals surface area contributed by atoms with E-state index in [2.05, 4.69) is 4.74 Å². The highest BCUT2D eigenvalue weighted by atomic mass is 16.5. The third kappa shape index (κ3) is 3.09. The average Bonchev–Trinajstić information content (AvgIpc) is 2.49. The number of carbonyl (C=O) groups is 1. The van der Waals surface area contributed by atoms with Crippen molar-refractivity contribution in [3.63, 3.8) is 0 Å². The Morgan fingerprint density at radius 2 is 1.75 bits per heavy atom. The Kier molecular flexibility index (Phi) is 4.25. The number of carbonyl (C=O) groups excluding carboxylic acids is 1. The average molecular weight is 272 g/mol. The summed E-state index contributed by atoms with van der Waals surface area (Å²) in [6.45, 7) is 1.87. The van der Waals surface area contributed by atoms with Crippen LogP contribution in [0.3, 0.4) is 0 Å². The zero-order chi connectivity index (χ0) is 14.5. The maximum Gasteiger partial charge on any atom is 0.337 e. The SMILES string of the molecule is COC(=O)c1ccc(C(C)Oc2ccccc2O)cc1. The van der Waals surface area contributed by atoms with Crippen LogP contribution in [0, 0.1) is 0 Å². The van der Waals surface area contributed by atoms with Crippen LogP contribution in [0.2, 0.25) is 0 Å². The highest BCUT2D eigenvalue weighted by Crippen LogP contribution is 2.29. The number of rotatable bonds is 4. The third-order valence-electron chi connectivity index (χ3n) is 2.97. The molecule has 4 heteroatoms. The third-order valence-corrected chi connectivity index (χ3v) is 2.97. The van der Waals surface area contributed by atoms with E-state index < -0.39 is 0 Å². The first-order chi connectivity index (χ1) is 9.61. The van der Waals surface area contributed by atoms with Crippen molar-refractivity contribution in [2.24, 2.45) is 0 Å². The summed E-state index contributed by atoms with van der Waals surface area (Å²) < 4.78 is 10.3. The first kappa shape index (κ1) is 13.9. The van der Waals surface area contributed by atoms with Gasteiger partial charge in [0.1, 0.15) is 6.10 Å². The van der Waals surface area contributed by atoms with Crippen LogP contribution in [-0.4, -0.2) is 18.2 Å². The van der Waals surface area contributed by atoms with Gasteiger partial charge in [-0.05, 0) is 36.8 Å². The number of para-hydroxylation sites is 2. The van der Waals surface area contributed by atoms with Crippen molar-refractivity contribution in [3.05, 3.63) is 59.7 Å². The molecule has 0 amide bonds.